The van der Waals surface area contributed by atoms with Gasteiger partial charge in [0, 0.05) is 12.8 Å². The highest BCUT2D eigenvalue weighted by molar-refractivity contribution is 6.74. The van der Waals surface area contributed by atoms with Crippen LogP contribution in [0.1, 0.15) is 79.2 Å². The summed E-state index contributed by atoms with van der Waals surface area (Å²) in [6.07, 6.45) is 4.64. The molecular weight excluding hydrogens is 428 g/mol. The summed E-state index contributed by atoms with van der Waals surface area (Å²) in [5.74, 6) is 6.08. The first-order chi connectivity index (χ1) is 15.5. The SMILES string of the molecule is CCCCCC#CC[C@@H](O[Si](C)(C)C(C)(C)C)[C@H]1OC(C)(C)O[C@@H]1COCc1ccccc1. The van der Waals surface area contributed by atoms with E-state index in [9.17, 15) is 0 Å². The van der Waals surface area contributed by atoms with E-state index in [1.165, 1.54) is 12.8 Å². The molecule has 1 aromatic rings. The molecule has 0 N–H and O–H groups in total. The van der Waals surface area contributed by atoms with Crippen LogP contribution in [-0.4, -0.2) is 39.0 Å². The van der Waals surface area contributed by atoms with E-state index < -0.39 is 14.1 Å². The van der Waals surface area contributed by atoms with Crippen LogP contribution in [0.2, 0.25) is 18.1 Å². The molecule has 1 aliphatic heterocycles. The number of unbranched alkanes of at least 4 members (excludes halogenated alkanes) is 3. The molecule has 0 amide bonds. The van der Waals surface area contributed by atoms with Gasteiger partial charge in [0.25, 0.3) is 0 Å². The normalized spacial score (nSPS) is 21.5. The van der Waals surface area contributed by atoms with Crippen LogP contribution in [0.3, 0.4) is 0 Å². The zero-order valence-corrected chi connectivity index (χ0v) is 23.2. The predicted octanol–water partition coefficient (Wildman–Crippen LogP) is 7.09. The maximum atomic E-state index is 6.88. The van der Waals surface area contributed by atoms with Crippen molar-refractivity contribution >= 4 is 8.32 Å². The average Bonchev–Trinajstić information content (AvgIpc) is 3.04. The standard InChI is InChI=1S/C28H46O4Si/c1-9-10-11-12-13-17-20-24(32-33(7,8)27(2,3)4)26-25(30-28(5,6)31-26)22-29-21-23-18-15-14-16-19-23/h14-16,18-19,24-26H,9-12,20-22H2,1-8H3/t24-,25-,26-/m1/s1. The van der Waals surface area contributed by atoms with Gasteiger partial charge in [0.1, 0.15) is 12.2 Å². The lowest BCUT2D eigenvalue weighted by Crippen LogP contribution is -2.49. The number of benzene rings is 1. The molecule has 0 radical (unpaired) electrons. The van der Waals surface area contributed by atoms with Gasteiger partial charge in [-0.25, -0.2) is 0 Å². The van der Waals surface area contributed by atoms with Gasteiger partial charge < -0.3 is 18.6 Å². The second-order valence-electron chi connectivity index (χ2n) is 11.1. The third-order valence-electron chi connectivity index (χ3n) is 6.57. The first kappa shape index (κ1) is 28.1. The van der Waals surface area contributed by atoms with Gasteiger partial charge in [-0.3, -0.25) is 0 Å². The summed E-state index contributed by atoms with van der Waals surface area (Å²) in [5, 5.41) is 0.105. The molecule has 186 valence electrons. The molecule has 4 nitrogen and oxygen atoms in total. The fourth-order valence-corrected chi connectivity index (χ4v) is 5.01. The maximum absolute atomic E-state index is 6.88. The average molecular weight is 475 g/mol. The van der Waals surface area contributed by atoms with Crippen molar-refractivity contribution in [1.29, 1.82) is 0 Å². The van der Waals surface area contributed by atoms with Gasteiger partial charge in [-0.2, -0.15) is 0 Å². The summed E-state index contributed by atoms with van der Waals surface area (Å²) in [5.41, 5.74) is 1.15. The number of hydrogen-bond donors (Lipinski definition) is 0. The van der Waals surface area contributed by atoms with Gasteiger partial charge in [-0.15, -0.1) is 11.8 Å². The molecule has 3 atom stereocenters. The summed E-state index contributed by atoms with van der Waals surface area (Å²) < 4.78 is 25.6. The summed E-state index contributed by atoms with van der Waals surface area (Å²) in [7, 11) is -2.02. The van der Waals surface area contributed by atoms with Crippen LogP contribution in [-0.2, 0) is 25.2 Å². The van der Waals surface area contributed by atoms with E-state index in [2.05, 4.69) is 64.8 Å². The van der Waals surface area contributed by atoms with Crippen LogP contribution in [0.4, 0.5) is 0 Å². The van der Waals surface area contributed by atoms with Crippen LogP contribution >= 0.6 is 0 Å². The minimum Gasteiger partial charge on any atom is -0.410 e. The Morgan fingerprint density at radius 3 is 2.39 bits per heavy atom. The first-order valence-electron chi connectivity index (χ1n) is 12.6. The quantitative estimate of drug-likeness (QED) is 0.195. The van der Waals surface area contributed by atoms with Crippen molar-refractivity contribution in [3.63, 3.8) is 0 Å². The van der Waals surface area contributed by atoms with E-state index in [0.717, 1.165) is 18.4 Å². The molecule has 1 fully saturated rings. The Hall–Kier alpha value is -1.16. The molecule has 0 saturated carbocycles. The Labute approximate surface area is 203 Å². The van der Waals surface area contributed by atoms with Gasteiger partial charge in [0.05, 0.1) is 19.3 Å². The van der Waals surface area contributed by atoms with Gasteiger partial charge in [0.2, 0.25) is 0 Å². The highest BCUT2D eigenvalue weighted by Crippen LogP contribution is 2.40. The molecule has 0 spiro atoms. The van der Waals surface area contributed by atoms with E-state index in [4.69, 9.17) is 18.6 Å². The number of rotatable bonds is 11. The van der Waals surface area contributed by atoms with E-state index >= 15 is 0 Å². The smallest absolute Gasteiger partial charge is 0.192 e. The van der Waals surface area contributed by atoms with Crippen molar-refractivity contribution in [2.24, 2.45) is 0 Å². The number of hydrogen-bond acceptors (Lipinski definition) is 4. The fraction of sp³-hybridized carbons (Fsp3) is 0.714. The van der Waals surface area contributed by atoms with E-state index in [1.807, 2.05) is 32.0 Å². The Bertz CT molecular complexity index is 758. The Morgan fingerprint density at radius 2 is 1.76 bits per heavy atom. The minimum atomic E-state index is -2.02. The van der Waals surface area contributed by atoms with Gasteiger partial charge >= 0.3 is 0 Å². The predicted molar refractivity (Wildman–Crippen MR) is 139 cm³/mol. The lowest BCUT2D eigenvalue weighted by Gasteiger charge is -2.40. The molecule has 0 aromatic heterocycles. The molecule has 5 heteroatoms. The van der Waals surface area contributed by atoms with Crippen molar-refractivity contribution in [2.75, 3.05) is 6.61 Å². The Morgan fingerprint density at radius 1 is 1.06 bits per heavy atom. The van der Waals surface area contributed by atoms with Gasteiger partial charge in [-0.1, -0.05) is 70.9 Å². The van der Waals surface area contributed by atoms with E-state index in [-0.39, 0.29) is 23.4 Å². The molecule has 1 saturated heterocycles. The molecule has 33 heavy (non-hydrogen) atoms. The molecule has 1 aliphatic rings. The topological polar surface area (TPSA) is 36.9 Å². The van der Waals surface area contributed by atoms with Crippen molar-refractivity contribution in [1.82, 2.24) is 0 Å². The first-order valence-corrected chi connectivity index (χ1v) is 15.5. The highest BCUT2D eigenvalue weighted by atomic mass is 28.4. The summed E-state index contributed by atoms with van der Waals surface area (Å²) in [6.45, 7) is 18.6. The van der Waals surface area contributed by atoms with Crippen LogP contribution in [0.15, 0.2) is 30.3 Å². The fourth-order valence-electron chi connectivity index (χ4n) is 3.68. The third kappa shape index (κ3) is 9.19. The monoisotopic (exact) mass is 474 g/mol. The summed E-state index contributed by atoms with van der Waals surface area (Å²) in [6, 6.07) is 10.2. The van der Waals surface area contributed by atoms with Gasteiger partial charge in [0.15, 0.2) is 14.1 Å². The second-order valence-corrected chi connectivity index (χ2v) is 15.8. The van der Waals surface area contributed by atoms with E-state index in [0.29, 0.717) is 19.6 Å². The molecule has 0 aliphatic carbocycles. The molecule has 1 heterocycles. The second kappa shape index (κ2) is 12.5. The Balaban J connectivity index is 2.13. The lowest BCUT2D eigenvalue weighted by molar-refractivity contribution is -0.157. The van der Waals surface area contributed by atoms with Crippen molar-refractivity contribution in [3.8, 4) is 11.8 Å². The van der Waals surface area contributed by atoms with Crippen LogP contribution in [0, 0.1) is 11.8 Å². The van der Waals surface area contributed by atoms with Crippen LogP contribution in [0.25, 0.3) is 0 Å². The molecule has 1 aromatic carbocycles. The molecule has 0 unspecified atom stereocenters. The lowest BCUT2D eigenvalue weighted by atomic mass is 10.1. The van der Waals surface area contributed by atoms with Crippen LogP contribution in [0.5, 0.6) is 0 Å². The van der Waals surface area contributed by atoms with Gasteiger partial charge in [-0.05, 0) is 44.0 Å². The molecule has 2 rings (SSSR count). The zero-order valence-electron chi connectivity index (χ0n) is 22.2. The van der Waals surface area contributed by atoms with E-state index in [1.54, 1.807) is 0 Å². The summed E-state index contributed by atoms with van der Waals surface area (Å²) >= 11 is 0. The maximum Gasteiger partial charge on any atom is 0.192 e. The largest absolute Gasteiger partial charge is 0.410 e. The minimum absolute atomic E-state index is 0.105. The zero-order chi connectivity index (χ0) is 24.5. The molecular formula is C28H46O4Si. The highest BCUT2D eigenvalue weighted by Gasteiger charge is 2.48. The van der Waals surface area contributed by atoms with Crippen LogP contribution < -0.4 is 0 Å². The van der Waals surface area contributed by atoms with Crippen molar-refractivity contribution < 1.29 is 18.6 Å². The number of ether oxygens (including phenoxy) is 3. The Kier molecular flexibility index (Phi) is 10.6. The third-order valence-corrected chi connectivity index (χ3v) is 11.1. The van der Waals surface area contributed by atoms with Crippen molar-refractivity contribution in [2.45, 2.75) is 122 Å². The molecule has 0 bridgehead atoms. The van der Waals surface area contributed by atoms with Crippen molar-refractivity contribution in [3.05, 3.63) is 35.9 Å². The summed E-state index contributed by atoms with van der Waals surface area (Å²) in [4.78, 5) is 0.